The SMILES string of the molecule is CC(Nc1ccccc1C(=O)O)c1ccc(F)cc1F. The fourth-order valence-corrected chi connectivity index (χ4v) is 1.96. The number of para-hydroxylation sites is 1. The first kappa shape index (κ1) is 14.0. The highest BCUT2D eigenvalue weighted by atomic mass is 19.1. The van der Waals surface area contributed by atoms with E-state index < -0.39 is 23.6 Å². The molecule has 5 heteroatoms. The van der Waals surface area contributed by atoms with Gasteiger partial charge in [-0.2, -0.15) is 0 Å². The number of carbonyl (C=O) groups is 1. The van der Waals surface area contributed by atoms with Gasteiger partial charge < -0.3 is 10.4 Å². The Bertz CT molecular complexity index is 644. The van der Waals surface area contributed by atoms with Crippen molar-refractivity contribution in [3.63, 3.8) is 0 Å². The molecule has 3 nitrogen and oxygen atoms in total. The van der Waals surface area contributed by atoms with Crippen LogP contribution in [0, 0.1) is 11.6 Å². The third-order valence-corrected chi connectivity index (χ3v) is 2.96. The average molecular weight is 277 g/mol. The summed E-state index contributed by atoms with van der Waals surface area (Å²) in [4.78, 5) is 11.1. The lowest BCUT2D eigenvalue weighted by atomic mass is 10.1. The second-order valence-corrected chi connectivity index (χ2v) is 4.38. The van der Waals surface area contributed by atoms with Gasteiger partial charge in [0.15, 0.2) is 0 Å². The molecule has 0 bridgehead atoms. The summed E-state index contributed by atoms with van der Waals surface area (Å²) in [5.74, 6) is -2.39. The Labute approximate surface area is 114 Å². The largest absolute Gasteiger partial charge is 0.478 e. The van der Waals surface area contributed by atoms with Gasteiger partial charge in [-0.3, -0.25) is 0 Å². The smallest absolute Gasteiger partial charge is 0.337 e. The number of hydrogen-bond donors (Lipinski definition) is 2. The van der Waals surface area contributed by atoms with Gasteiger partial charge in [0, 0.05) is 17.3 Å². The van der Waals surface area contributed by atoms with E-state index in [0.29, 0.717) is 5.69 Å². The van der Waals surface area contributed by atoms with Crippen LogP contribution in [0.2, 0.25) is 0 Å². The molecule has 0 aliphatic heterocycles. The van der Waals surface area contributed by atoms with Crippen LogP contribution < -0.4 is 5.32 Å². The molecule has 0 aliphatic rings. The number of carboxylic acids is 1. The van der Waals surface area contributed by atoms with Crippen molar-refractivity contribution in [3.8, 4) is 0 Å². The molecule has 0 heterocycles. The molecule has 1 unspecified atom stereocenters. The predicted octanol–water partition coefficient (Wildman–Crippen LogP) is 3.84. The third-order valence-electron chi connectivity index (χ3n) is 2.96. The van der Waals surface area contributed by atoms with Gasteiger partial charge in [0.25, 0.3) is 0 Å². The maximum Gasteiger partial charge on any atom is 0.337 e. The van der Waals surface area contributed by atoms with Crippen LogP contribution in [0.1, 0.15) is 28.9 Å². The summed E-state index contributed by atoms with van der Waals surface area (Å²) in [5.41, 5.74) is 0.754. The van der Waals surface area contributed by atoms with E-state index in [4.69, 9.17) is 5.11 Å². The summed E-state index contributed by atoms with van der Waals surface area (Å²) in [6, 6.07) is 9.17. The molecule has 2 aromatic carbocycles. The van der Waals surface area contributed by atoms with Crippen molar-refractivity contribution in [2.45, 2.75) is 13.0 Å². The van der Waals surface area contributed by atoms with Gasteiger partial charge in [-0.1, -0.05) is 18.2 Å². The zero-order valence-corrected chi connectivity index (χ0v) is 10.7. The summed E-state index contributed by atoms with van der Waals surface area (Å²) in [5, 5.41) is 12.0. The van der Waals surface area contributed by atoms with Crippen LogP contribution in [0.25, 0.3) is 0 Å². The van der Waals surface area contributed by atoms with E-state index in [1.54, 1.807) is 25.1 Å². The summed E-state index contributed by atoms with van der Waals surface area (Å²) in [7, 11) is 0. The number of rotatable bonds is 4. The Hall–Kier alpha value is -2.43. The molecule has 0 radical (unpaired) electrons. The maximum atomic E-state index is 13.7. The number of benzene rings is 2. The number of hydrogen-bond acceptors (Lipinski definition) is 2. The molecule has 20 heavy (non-hydrogen) atoms. The number of aromatic carboxylic acids is 1. The van der Waals surface area contributed by atoms with Gasteiger partial charge in [0.2, 0.25) is 0 Å². The number of halogens is 2. The molecule has 2 rings (SSSR count). The van der Waals surface area contributed by atoms with Crippen molar-refractivity contribution >= 4 is 11.7 Å². The molecule has 0 saturated carbocycles. The molecule has 0 amide bonds. The van der Waals surface area contributed by atoms with Crippen molar-refractivity contribution in [2.75, 3.05) is 5.32 Å². The van der Waals surface area contributed by atoms with Gasteiger partial charge in [-0.25, -0.2) is 13.6 Å². The Morgan fingerprint density at radius 2 is 1.90 bits per heavy atom. The standard InChI is InChI=1S/C15H13F2NO2/c1-9(11-7-6-10(16)8-13(11)17)18-14-5-3-2-4-12(14)15(19)20/h2-9,18H,1H3,(H,19,20). The van der Waals surface area contributed by atoms with Gasteiger partial charge in [0.05, 0.1) is 11.6 Å². The second kappa shape index (κ2) is 5.69. The van der Waals surface area contributed by atoms with Gasteiger partial charge in [-0.05, 0) is 25.1 Å². The molecule has 2 N–H and O–H groups in total. The fraction of sp³-hybridized carbons (Fsp3) is 0.133. The minimum absolute atomic E-state index is 0.0990. The van der Waals surface area contributed by atoms with Crippen molar-refractivity contribution in [2.24, 2.45) is 0 Å². The quantitative estimate of drug-likeness (QED) is 0.892. The fourth-order valence-electron chi connectivity index (χ4n) is 1.96. The Balaban J connectivity index is 2.28. The molecular formula is C15H13F2NO2. The molecule has 1 atom stereocenters. The van der Waals surface area contributed by atoms with Crippen LogP contribution in [-0.2, 0) is 0 Å². The molecule has 0 saturated heterocycles. The molecule has 0 aromatic heterocycles. The second-order valence-electron chi connectivity index (χ2n) is 4.38. The highest BCUT2D eigenvalue weighted by molar-refractivity contribution is 5.94. The molecule has 0 aliphatic carbocycles. The lowest BCUT2D eigenvalue weighted by molar-refractivity contribution is 0.0698. The first-order valence-electron chi connectivity index (χ1n) is 6.03. The predicted molar refractivity (Wildman–Crippen MR) is 71.8 cm³/mol. The lowest BCUT2D eigenvalue weighted by Crippen LogP contribution is -2.12. The third kappa shape index (κ3) is 2.93. The van der Waals surface area contributed by atoms with E-state index in [1.165, 1.54) is 18.2 Å². The summed E-state index contributed by atoms with van der Waals surface area (Å²) < 4.78 is 26.5. The lowest BCUT2D eigenvalue weighted by Gasteiger charge is -2.17. The van der Waals surface area contributed by atoms with Crippen molar-refractivity contribution in [1.82, 2.24) is 0 Å². The number of carboxylic acid groups (broad SMARTS) is 1. The van der Waals surface area contributed by atoms with Gasteiger partial charge in [0.1, 0.15) is 11.6 Å². The normalized spacial score (nSPS) is 11.9. The molecule has 0 fully saturated rings. The minimum Gasteiger partial charge on any atom is -0.478 e. The number of nitrogens with one attached hydrogen (secondary N) is 1. The van der Waals surface area contributed by atoms with E-state index in [0.717, 1.165) is 6.07 Å². The van der Waals surface area contributed by atoms with Crippen LogP contribution in [0.15, 0.2) is 42.5 Å². The number of anilines is 1. The van der Waals surface area contributed by atoms with Crippen LogP contribution in [-0.4, -0.2) is 11.1 Å². The summed E-state index contributed by atoms with van der Waals surface area (Å²) in [6.45, 7) is 1.68. The van der Waals surface area contributed by atoms with Gasteiger partial charge in [-0.15, -0.1) is 0 Å². The highest BCUT2D eigenvalue weighted by Gasteiger charge is 2.15. The average Bonchev–Trinajstić information content (AvgIpc) is 2.38. The topological polar surface area (TPSA) is 49.3 Å². The monoisotopic (exact) mass is 277 g/mol. The van der Waals surface area contributed by atoms with E-state index in [1.807, 2.05) is 0 Å². The highest BCUT2D eigenvalue weighted by Crippen LogP contribution is 2.24. The van der Waals surface area contributed by atoms with Gasteiger partial charge >= 0.3 is 5.97 Å². The van der Waals surface area contributed by atoms with Crippen LogP contribution in [0.5, 0.6) is 0 Å². The first-order chi connectivity index (χ1) is 9.49. The van der Waals surface area contributed by atoms with Crippen LogP contribution >= 0.6 is 0 Å². The first-order valence-corrected chi connectivity index (χ1v) is 6.03. The van der Waals surface area contributed by atoms with E-state index >= 15 is 0 Å². The van der Waals surface area contributed by atoms with E-state index in [9.17, 15) is 13.6 Å². The zero-order valence-electron chi connectivity index (χ0n) is 10.7. The molecule has 0 spiro atoms. The van der Waals surface area contributed by atoms with E-state index in [2.05, 4.69) is 5.32 Å². The Morgan fingerprint density at radius 1 is 1.20 bits per heavy atom. The molecular weight excluding hydrogens is 264 g/mol. The van der Waals surface area contributed by atoms with E-state index in [-0.39, 0.29) is 11.1 Å². The Kier molecular flexibility index (Phi) is 3.98. The van der Waals surface area contributed by atoms with Crippen molar-refractivity contribution in [1.29, 1.82) is 0 Å². The van der Waals surface area contributed by atoms with Crippen LogP contribution in [0.3, 0.4) is 0 Å². The van der Waals surface area contributed by atoms with Crippen molar-refractivity contribution in [3.05, 3.63) is 65.2 Å². The molecule has 2 aromatic rings. The van der Waals surface area contributed by atoms with Crippen molar-refractivity contribution < 1.29 is 18.7 Å². The van der Waals surface area contributed by atoms with Crippen LogP contribution in [0.4, 0.5) is 14.5 Å². The summed E-state index contributed by atoms with van der Waals surface area (Å²) in [6.07, 6.45) is 0. The maximum absolute atomic E-state index is 13.7. The Morgan fingerprint density at radius 3 is 2.55 bits per heavy atom. The minimum atomic E-state index is -1.07. The summed E-state index contributed by atoms with van der Waals surface area (Å²) >= 11 is 0. The molecule has 104 valence electrons. The zero-order chi connectivity index (χ0) is 14.7.